The first-order chi connectivity index (χ1) is 15.7. The molecule has 3 aromatic rings. The zero-order chi connectivity index (χ0) is 22.6. The van der Waals surface area contributed by atoms with Gasteiger partial charge in [0.15, 0.2) is 5.82 Å². The average Bonchev–Trinajstić information content (AvgIpc) is 3.29. The van der Waals surface area contributed by atoms with Crippen LogP contribution in [0.1, 0.15) is 71.1 Å². The molecule has 0 bridgehead atoms. The van der Waals surface area contributed by atoms with Crippen molar-refractivity contribution in [2.45, 2.75) is 76.0 Å². The van der Waals surface area contributed by atoms with E-state index in [4.69, 9.17) is 0 Å². The Morgan fingerprint density at radius 3 is 2.16 bits per heavy atom. The maximum atomic E-state index is 10.6. The predicted molar refractivity (Wildman–Crippen MR) is 130 cm³/mol. The van der Waals surface area contributed by atoms with E-state index in [0.29, 0.717) is 16.3 Å². The summed E-state index contributed by atoms with van der Waals surface area (Å²) in [5, 5.41) is 32.9. The summed E-state index contributed by atoms with van der Waals surface area (Å²) in [6.07, 6.45) is 13.0. The van der Waals surface area contributed by atoms with Gasteiger partial charge in [0.2, 0.25) is 0 Å². The maximum Gasteiger partial charge on any atom is 0.190 e. The van der Waals surface area contributed by atoms with Crippen molar-refractivity contribution in [2.75, 3.05) is 5.75 Å². The summed E-state index contributed by atoms with van der Waals surface area (Å²) in [4.78, 5) is 0.681. The molecular weight excluding hydrogens is 420 g/mol. The zero-order valence-corrected chi connectivity index (χ0v) is 19.7. The number of thioether (sulfide) groups is 1. The molecule has 2 aromatic carbocycles. The van der Waals surface area contributed by atoms with Crippen molar-refractivity contribution < 1.29 is 10.2 Å². The van der Waals surface area contributed by atoms with Gasteiger partial charge in [0.25, 0.3) is 0 Å². The van der Waals surface area contributed by atoms with Gasteiger partial charge in [-0.05, 0) is 46.9 Å². The molecule has 7 heteroatoms. The fourth-order valence-electron chi connectivity index (χ4n) is 3.72. The van der Waals surface area contributed by atoms with Gasteiger partial charge in [0.1, 0.15) is 11.5 Å². The topological polar surface area (TPSA) is 84.1 Å². The van der Waals surface area contributed by atoms with Gasteiger partial charge < -0.3 is 10.2 Å². The molecular formula is C25H34N4O2S. The lowest BCUT2D eigenvalue weighted by atomic mass is 10.1. The van der Waals surface area contributed by atoms with Gasteiger partial charge in [0.05, 0.1) is 16.1 Å². The number of nitrogens with zero attached hydrogens (tertiary/aromatic N) is 4. The summed E-state index contributed by atoms with van der Waals surface area (Å²) in [5.74, 6) is 1.50. The molecule has 0 amide bonds. The number of benzene rings is 2. The zero-order valence-electron chi connectivity index (χ0n) is 18.9. The molecule has 0 unspecified atom stereocenters. The van der Waals surface area contributed by atoms with Crippen LogP contribution in [0.2, 0.25) is 0 Å². The molecule has 0 saturated heterocycles. The van der Waals surface area contributed by atoms with Crippen LogP contribution in [0.25, 0.3) is 17.1 Å². The second-order valence-electron chi connectivity index (χ2n) is 8.12. The number of hydrogen-bond donors (Lipinski definition) is 2. The minimum Gasteiger partial charge on any atom is -0.507 e. The number of unbranched alkanes of at least 4 members (excludes halogenated alkanes) is 9. The molecule has 0 aliphatic rings. The Balaban J connectivity index is 1.47. The van der Waals surface area contributed by atoms with E-state index in [-0.39, 0.29) is 11.5 Å². The molecule has 6 nitrogen and oxygen atoms in total. The number of phenols is 2. The van der Waals surface area contributed by atoms with Gasteiger partial charge in [0, 0.05) is 0 Å². The lowest BCUT2D eigenvalue weighted by Gasteiger charge is -2.10. The van der Waals surface area contributed by atoms with E-state index >= 15 is 0 Å². The third-order valence-electron chi connectivity index (χ3n) is 5.54. The van der Waals surface area contributed by atoms with Crippen molar-refractivity contribution in [3.8, 4) is 28.6 Å². The molecule has 0 aliphatic heterocycles. The summed E-state index contributed by atoms with van der Waals surface area (Å²) in [5.41, 5.74) is 1.19. The number of hydrogen-bond acceptors (Lipinski definition) is 6. The Morgan fingerprint density at radius 2 is 1.47 bits per heavy atom. The molecule has 2 N–H and O–H groups in total. The largest absolute Gasteiger partial charge is 0.507 e. The van der Waals surface area contributed by atoms with Gasteiger partial charge in [-0.1, -0.05) is 82.9 Å². The number of aromatic hydroxyl groups is 2. The summed E-state index contributed by atoms with van der Waals surface area (Å²) in [6, 6.07) is 12.6. The summed E-state index contributed by atoms with van der Waals surface area (Å²) >= 11 is 1.58. The van der Waals surface area contributed by atoms with E-state index in [2.05, 4.69) is 22.4 Å². The summed E-state index contributed by atoms with van der Waals surface area (Å²) < 4.78 is 1.55. The Morgan fingerprint density at radius 1 is 0.812 bits per heavy atom. The number of phenolic OH excluding ortho intramolecular Hbond substituents is 2. The maximum absolute atomic E-state index is 10.6. The normalized spacial score (nSPS) is 11.2. The molecule has 172 valence electrons. The van der Waals surface area contributed by atoms with Crippen molar-refractivity contribution in [1.29, 1.82) is 0 Å². The minimum absolute atomic E-state index is 0.0559. The first kappa shape index (κ1) is 24.1. The lowest BCUT2D eigenvalue weighted by molar-refractivity contribution is 0.449. The quantitative estimate of drug-likeness (QED) is 0.159. The van der Waals surface area contributed by atoms with Crippen molar-refractivity contribution in [3.05, 3.63) is 42.5 Å². The van der Waals surface area contributed by atoms with Crippen LogP contribution in [0.3, 0.4) is 0 Å². The van der Waals surface area contributed by atoms with Gasteiger partial charge >= 0.3 is 0 Å². The molecule has 0 aliphatic carbocycles. The number of aromatic nitrogens is 4. The van der Waals surface area contributed by atoms with Gasteiger partial charge in [-0.15, -0.1) is 16.9 Å². The Labute approximate surface area is 195 Å². The van der Waals surface area contributed by atoms with Crippen LogP contribution in [0.15, 0.2) is 47.4 Å². The first-order valence-electron chi connectivity index (χ1n) is 11.7. The summed E-state index contributed by atoms with van der Waals surface area (Å²) in [6.45, 7) is 2.25. The van der Waals surface area contributed by atoms with E-state index < -0.39 is 0 Å². The van der Waals surface area contributed by atoms with Crippen molar-refractivity contribution in [3.63, 3.8) is 0 Å². The first-order valence-corrected chi connectivity index (χ1v) is 12.7. The molecule has 1 aromatic heterocycles. The fraction of sp³-hybridized carbons (Fsp3) is 0.480. The smallest absolute Gasteiger partial charge is 0.190 e. The van der Waals surface area contributed by atoms with Crippen LogP contribution in [-0.2, 0) is 0 Å². The summed E-state index contributed by atoms with van der Waals surface area (Å²) in [7, 11) is 0. The van der Waals surface area contributed by atoms with E-state index in [1.165, 1.54) is 57.8 Å². The SMILES string of the molecule is CCCCCCCCCCCCSc1cc(O)c(-c2nnnn2-c2ccccc2)cc1O. The molecule has 0 spiro atoms. The van der Waals surface area contributed by atoms with Crippen molar-refractivity contribution >= 4 is 11.8 Å². The molecule has 3 rings (SSSR count). The predicted octanol–water partition coefficient (Wildman–Crippen LogP) is 6.75. The second kappa shape index (κ2) is 13.1. The highest BCUT2D eigenvalue weighted by Crippen LogP contribution is 2.39. The van der Waals surface area contributed by atoms with Crippen molar-refractivity contribution in [2.24, 2.45) is 0 Å². The molecule has 1 heterocycles. The standard InChI is InChI=1S/C25H34N4O2S/c1-2-3-4-5-6-7-8-9-10-14-17-32-24-19-22(30)21(18-23(24)31)25-26-27-28-29(25)20-15-12-11-13-16-20/h11-13,15-16,18-19,30-31H,2-10,14,17H2,1H3. The van der Waals surface area contributed by atoms with Crippen molar-refractivity contribution in [1.82, 2.24) is 20.2 Å². The average molecular weight is 455 g/mol. The number of tetrazole rings is 1. The third-order valence-corrected chi connectivity index (χ3v) is 6.67. The highest BCUT2D eigenvalue weighted by Gasteiger charge is 2.17. The van der Waals surface area contributed by atoms with E-state index in [1.54, 1.807) is 28.6 Å². The van der Waals surface area contributed by atoms with Crippen LogP contribution in [0.5, 0.6) is 11.5 Å². The molecule has 32 heavy (non-hydrogen) atoms. The van der Waals surface area contributed by atoms with Crippen LogP contribution in [0.4, 0.5) is 0 Å². The van der Waals surface area contributed by atoms with Gasteiger partial charge in [-0.3, -0.25) is 0 Å². The van der Waals surface area contributed by atoms with Crippen LogP contribution >= 0.6 is 11.8 Å². The lowest BCUT2D eigenvalue weighted by Crippen LogP contribution is -1.99. The Kier molecular flexibility index (Phi) is 9.88. The number of para-hydroxylation sites is 1. The van der Waals surface area contributed by atoms with Crippen LogP contribution < -0.4 is 0 Å². The van der Waals surface area contributed by atoms with Gasteiger partial charge in [-0.2, -0.15) is 4.68 Å². The molecule has 0 radical (unpaired) electrons. The van der Waals surface area contributed by atoms with E-state index in [0.717, 1.165) is 17.9 Å². The third kappa shape index (κ3) is 6.99. The minimum atomic E-state index is 0.0559. The highest BCUT2D eigenvalue weighted by molar-refractivity contribution is 7.99. The monoisotopic (exact) mass is 454 g/mol. The van der Waals surface area contributed by atoms with Crippen LogP contribution in [0, 0.1) is 0 Å². The van der Waals surface area contributed by atoms with Gasteiger partial charge in [-0.25, -0.2) is 0 Å². The highest BCUT2D eigenvalue weighted by atomic mass is 32.2. The number of rotatable bonds is 14. The molecule has 0 saturated carbocycles. The molecule has 0 fully saturated rings. The molecule has 0 atom stereocenters. The Hall–Kier alpha value is -2.54. The Bertz CT molecular complexity index is 946. The van der Waals surface area contributed by atoms with Crippen LogP contribution in [-0.4, -0.2) is 36.2 Å². The van der Waals surface area contributed by atoms with E-state index in [9.17, 15) is 10.2 Å². The fourth-order valence-corrected chi connectivity index (χ4v) is 4.69. The van der Waals surface area contributed by atoms with E-state index in [1.807, 2.05) is 30.3 Å². The second-order valence-corrected chi connectivity index (χ2v) is 9.25.